The molecule has 1 unspecified atom stereocenters. The van der Waals surface area contributed by atoms with Gasteiger partial charge in [0, 0.05) is 25.0 Å². The standard InChI is InChI=1S/C13H20N2O2/c1-10-7-15(9-13(2,3)17-10)12-4-5-14-11(6-12)8-16/h4-6,10,16H,7-9H2,1-3H3. The summed E-state index contributed by atoms with van der Waals surface area (Å²) in [6.07, 6.45) is 1.96. The second-order valence-corrected chi connectivity index (χ2v) is 5.23. The molecule has 0 aliphatic carbocycles. The fourth-order valence-corrected chi connectivity index (χ4v) is 2.40. The summed E-state index contributed by atoms with van der Waals surface area (Å²) < 4.78 is 5.88. The van der Waals surface area contributed by atoms with E-state index in [4.69, 9.17) is 9.84 Å². The Balaban J connectivity index is 2.20. The lowest BCUT2D eigenvalue weighted by Gasteiger charge is -2.43. The molecule has 0 spiro atoms. The summed E-state index contributed by atoms with van der Waals surface area (Å²) in [5, 5.41) is 9.11. The van der Waals surface area contributed by atoms with E-state index in [1.54, 1.807) is 6.20 Å². The maximum absolute atomic E-state index is 9.11. The Morgan fingerprint density at radius 2 is 2.35 bits per heavy atom. The van der Waals surface area contributed by atoms with E-state index in [0.717, 1.165) is 18.8 Å². The lowest BCUT2D eigenvalue weighted by molar-refractivity contribution is -0.0749. The Morgan fingerprint density at radius 3 is 3.00 bits per heavy atom. The maximum atomic E-state index is 9.11. The van der Waals surface area contributed by atoms with Crippen molar-refractivity contribution in [3.8, 4) is 0 Å². The molecule has 4 nitrogen and oxygen atoms in total. The van der Waals surface area contributed by atoms with Crippen LogP contribution in [-0.4, -0.2) is 34.9 Å². The number of ether oxygens (including phenoxy) is 1. The zero-order valence-electron chi connectivity index (χ0n) is 10.7. The van der Waals surface area contributed by atoms with Crippen LogP contribution in [0.15, 0.2) is 18.3 Å². The summed E-state index contributed by atoms with van der Waals surface area (Å²) in [5.41, 5.74) is 1.67. The Labute approximate surface area is 102 Å². The summed E-state index contributed by atoms with van der Waals surface area (Å²) in [6, 6.07) is 3.92. The van der Waals surface area contributed by atoms with Crippen LogP contribution in [0, 0.1) is 0 Å². The van der Waals surface area contributed by atoms with Gasteiger partial charge in [0.15, 0.2) is 0 Å². The van der Waals surface area contributed by atoms with Gasteiger partial charge in [0.1, 0.15) is 0 Å². The van der Waals surface area contributed by atoms with Gasteiger partial charge in [0.25, 0.3) is 0 Å². The predicted molar refractivity (Wildman–Crippen MR) is 67.0 cm³/mol. The second kappa shape index (κ2) is 4.63. The Morgan fingerprint density at radius 1 is 1.59 bits per heavy atom. The van der Waals surface area contributed by atoms with Gasteiger partial charge >= 0.3 is 0 Å². The molecule has 1 aromatic rings. The summed E-state index contributed by atoms with van der Waals surface area (Å²) >= 11 is 0. The molecule has 94 valence electrons. The smallest absolute Gasteiger partial charge is 0.0853 e. The fourth-order valence-electron chi connectivity index (χ4n) is 2.40. The monoisotopic (exact) mass is 236 g/mol. The highest BCUT2D eigenvalue weighted by molar-refractivity contribution is 5.47. The molecule has 17 heavy (non-hydrogen) atoms. The normalized spacial score (nSPS) is 23.8. The van der Waals surface area contributed by atoms with Crippen molar-refractivity contribution in [1.82, 2.24) is 4.98 Å². The van der Waals surface area contributed by atoms with Gasteiger partial charge in [-0.1, -0.05) is 0 Å². The van der Waals surface area contributed by atoms with E-state index >= 15 is 0 Å². The molecule has 0 amide bonds. The molecule has 0 saturated carbocycles. The second-order valence-electron chi connectivity index (χ2n) is 5.23. The fraction of sp³-hybridized carbons (Fsp3) is 0.615. The van der Waals surface area contributed by atoms with E-state index in [-0.39, 0.29) is 18.3 Å². The lowest BCUT2D eigenvalue weighted by Crippen LogP contribution is -2.52. The van der Waals surface area contributed by atoms with E-state index < -0.39 is 0 Å². The minimum Gasteiger partial charge on any atom is -0.390 e. The predicted octanol–water partition coefficient (Wildman–Crippen LogP) is 1.58. The van der Waals surface area contributed by atoms with E-state index in [2.05, 4.69) is 30.7 Å². The van der Waals surface area contributed by atoms with Crippen LogP contribution >= 0.6 is 0 Å². The van der Waals surface area contributed by atoms with Gasteiger partial charge in [-0.15, -0.1) is 0 Å². The summed E-state index contributed by atoms with van der Waals surface area (Å²) in [7, 11) is 0. The van der Waals surface area contributed by atoms with Crippen molar-refractivity contribution in [2.45, 2.75) is 39.1 Å². The highest BCUT2D eigenvalue weighted by atomic mass is 16.5. The Kier molecular flexibility index (Phi) is 3.35. The van der Waals surface area contributed by atoms with Crippen LogP contribution in [-0.2, 0) is 11.3 Å². The molecule has 1 atom stereocenters. The molecule has 1 N–H and O–H groups in total. The molecule has 2 heterocycles. The van der Waals surface area contributed by atoms with Crippen molar-refractivity contribution in [3.63, 3.8) is 0 Å². The van der Waals surface area contributed by atoms with Crippen LogP contribution in [0.3, 0.4) is 0 Å². The first kappa shape index (κ1) is 12.3. The SMILES string of the molecule is CC1CN(c2ccnc(CO)c2)CC(C)(C)O1. The minimum atomic E-state index is -0.139. The van der Waals surface area contributed by atoms with Gasteiger partial charge in [-0.05, 0) is 32.9 Å². The third-order valence-electron chi connectivity index (χ3n) is 2.90. The van der Waals surface area contributed by atoms with Gasteiger partial charge in [-0.3, -0.25) is 4.98 Å². The van der Waals surface area contributed by atoms with Crippen LogP contribution in [0.2, 0.25) is 0 Å². The molecular formula is C13H20N2O2. The molecule has 1 saturated heterocycles. The first-order valence-electron chi connectivity index (χ1n) is 5.99. The number of morpholine rings is 1. The van der Waals surface area contributed by atoms with Crippen LogP contribution in [0.4, 0.5) is 5.69 Å². The van der Waals surface area contributed by atoms with Crippen LogP contribution in [0.5, 0.6) is 0 Å². The summed E-state index contributed by atoms with van der Waals surface area (Å²) in [5.74, 6) is 0. The van der Waals surface area contributed by atoms with E-state index in [1.165, 1.54) is 0 Å². The number of rotatable bonds is 2. The zero-order valence-corrected chi connectivity index (χ0v) is 10.7. The lowest BCUT2D eigenvalue weighted by atomic mass is 10.0. The topological polar surface area (TPSA) is 45.6 Å². The highest BCUT2D eigenvalue weighted by Gasteiger charge is 2.31. The molecular weight excluding hydrogens is 216 g/mol. The quantitative estimate of drug-likeness (QED) is 0.846. The Bertz CT molecular complexity index is 393. The number of nitrogens with zero attached hydrogens (tertiary/aromatic N) is 2. The van der Waals surface area contributed by atoms with Gasteiger partial charge in [-0.25, -0.2) is 0 Å². The number of anilines is 1. The van der Waals surface area contributed by atoms with Crippen LogP contribution < -0.4 is 4.90 Å². The van der Waals surface area contributed by atoms with Crippen molar-refractivity contribution in [2.75, 3.05) is 18.0 Å². The largest absolute Gasteiger partial charge is 0.390 e. The van der Waals surface area contributed by atoms with Gasteiger partial charge in [0.2, 0.25) is 0 Å². The first-order chi connectivity index (χ1) is 8.00. The summed E-state index contributed by atoms with van der Waals surface area (Å²) in [6.45, 7) is 8.00. The third-order valence-corrected chi connectivity index (χ3v) is 2.90. The van der Waals surface area contributed by atoms with Crippen molar-refractivity contribution in [3.05, 3.63) is 24.0 Å². The van der Waals surface area contributed by atoms with Crippen molar-refractivity contribution in [2.24, 2.45) is 0 Å². The molecule has 1 aliphatic rings. The van der Waals surface area contributed by atoms with E-state index in [1.807, 2.05) is 12.1 Å². The first-order valence-corrected chi connectivity index (χ1v) is 5.99. The molecule has 0 radical (unpaired) electrons. The molecule has 1 aliphatic heterocycles. The van der Waals surface area contributed by atoms with Crippen LogP contribution in [0.25, 0.3) is 0 Å². The van der Waals surface area contributed by atoms with E-state index in [9.17, 15) is 0 Å². The van der Waals surface area contributed by atoms with Crippen LogP contribution in [0.1, 0.15) is 26.5 Å². The number of aliphatic hydroxyl groups excluding tert-OH is 1. The van der Waals surface area contributed by atoms with E-state index in [0.29, 0.717) is 5.69 Å². The van der Waals surface area contributed by atoms with Crippen molar-refractivity contribution < 1.29 is 9.84 Å². The van der Waals surface area contributed by atoms with Gasteiger partial charge in [0.05, 0.1) is 24.0 Å². The average molecular weight is 236 g/mol. The number of pyridine rings is 1. The highest BCUT2D eigenvalue weighted by Crippen LogP contribution is 2.25. The molecule has 0 aromatic carbocycles. The maximum Gasteiger partial charge on any atom is 0.0853 e. The number of aliphatic hydroxyl groups is 1. The molecule has 2 rings (SSSR count). The van der Waals surface area contributed by atoms with Crippen molar-refractivity contribution >= 4 is 5.69 Å². The number of hydrogen-bond donors (Lipinski definition) is 1. The average Bonchev–Trinajstić information content (AvgIpc) is 2.26. The summed E-state index contributed by atoms with van der Waals surface area (Å²) in [4.78, 5) is 6.39. The van der Waals surface area contributed by atoms with Gasteiger partial charge in [-0.2, -0.15) is 0 Å². The minimum absolute atomic E-state index is 0.0167. The zero-order chi connectivity index (χ0) is 12.5. The molecule has 0 bridgehead atoms. The molecule has 1 fully saturated rings. The van der Waals surface area contributed by atoms with Crippen molar-refractivity contribution in [1.29, 1.82) is 0 Å². The molecule has 1 aromatic heterocycles. The molecule has 4 heteroatoms. The number of aromatic nitrogens is 1. The Hall–Kier alpha value is -1.13. The number of hydrogen-bond acceptors (Lipinski definition) is 4. The third kappa shape index (κ3) is 2.96. The van der Waals surface area contributed by atoms with Gasteiger partial charge < -0.3 is 14.7 Å².